The molecule has 0 amide bonds. The van der Waals surface area contributed by atoms with Crippen LogP contribution >= 0.6 is 0 Å². The molecule has 1 unspecified atom stereocenters. The number of nitrogens with zero attached hydrogens (tertiary/aromatic N) is 1. The van der Waals surface area contributed by atoms with Crippen molar-refractivity contribution in [2.75, 3.05) is 12.3 Å². The second-order valence-electron chi connectivity index (χ2n) is 5.53. The third-order valence-corrected chi connectivity index (χ3v) is 4.16. The highest BCUT2D eigenvalue weighted by atomic mass is 14.9. The largest absolute Gasteiger partial charge is 0.383 e. The highest BCUT2D eigenvalue weighted by Crippen LogP contribution is 2.37. The number of rotatable bonds is 4. The first kappa shape index (κ1) is 13.3. The molecule has 3 nitrogen and oxygen atoms in total. The van der Waals surface area contributed by atoms with E-state index < -0.39 is 0 Å². The maximum Gasteiger partial charge on any atom is 0.128 e. The van der Waals surface area contributed by atoms with E-state index in [1.54, 1.807) is 6.20 Å². The minimum Gasteiger partial charge on any atom is -0.383 e. The molecule has 0 bridgehead atoms. The van der Waals surface area contributed by atoms with E-state index in [2.05, 4.69) is 30.2 Å². The van der Waals surface area contributed by atoms with Gasteiger partial charge in [-0.25, -0.2) is 4.98 Å². The van der Waals surface area contributed by atoms with Crippen molar-refractivity contribution in [3.63, 3.8) is 0 Å². The Kier molecular flexibility index (Phi) is 4.59. The van der Waals surface area contributed by atoms with Crippen LogP contribution in [0.1, 0.15) is 51.1 Å². The number of hydrogen-bond acceptors (Lipinski definition) is 3. The van der Waals surface area contributed by atoms with Crippen LogP contribution in [-0.2, 0) is 0 Å². The number of hydrogen-bond donors (Lipinski definition) is 2. The van der Waals surface area contributed by atoms with E-state index >= 15 is 0 Å². The molecular formula is C15H25N3. The van der Waals surface area contributed by atoms with Gasteiger partial charge in [0, 0.05) is 17.8 Å². The SMILES string of the molecule is CCNC(c1cccnc1N)C1CCC(C)CC1. The van der Waals surface area contributed by atoms with Gasteiger partial charge in [-0.1, -0.05) is 32.8 Å². The average Bonchev–Trinajstić information content (AvgIpc) is 2.38. The zero-order valence-corrected chi connectivity index (χ0v) is 11.5. The number of nitrogens with two attached hydrogens (primary N) is 1. The molecule has 3 N–H and O–H groups in total. The van der Waals surface area contributed by atoms with Crippen LogP contribution < -0.4 is 11.1 Å². The number of anilines is 1. The van der Waals surface area contributed by atoms with Crippen molar-refractivity contribution >= 4 is 5.82 Å². The maximum atomic E-state index is 6.03. The van der Waals surface area contributed by atoms with Gasteiger partial charge in [-0.2, -0.15) is 0 Å². The van der Waals surface area contributed by atoms with Crippen LogP contribution in [0.25, 0.3) is 0 Å². The summed E-state index contributed by atoms with van der Waals surface area (Å²) in [7, 11) is 0. The predicted octanol–water partition coefficient (Wildman–Crippen LogP) is 3.14. The van der Waals surface area contributed by atoms with Gasteiger partial charge < -0.3 is 11.1 Å². The topological polar surface area (TPSA) is 50.9 Å². The van der Waals surface area contributed by atoms with Crippen molar-refractivity contribution in [1.29, 1.82) is 0 Å². The number of nitrogen functional groups attached to an aromatic ring is 1. The van der Waals surface area contributed by atoms with E-state index in [4.69, 9.17) is 5.73 Å². The minimum absolute atomic E-state index is 0.371. The average molecular weight is 247 g/mol. The van der Waals surface area contributed by atoms with E-state index in [0.29, 0.717) is 17.8 Å². The maximum absolute atomic E-state index is 6.03. The molecule has 0 aromatic carbocycles. The molecule has 1 aromatic rings. The second kappa shape index (κ2) is 6.19. The Morgan fingerprint density at radius 2 is 2.11 bits per heavy atom. The van der Waals surface area contributed by atoms with Crippen LogP contribution in [0, 0.1) is 11.8 Å². The van der Waals surface area contributed by atoms with Gasteiger partial charge in [-0.15, -0.1) is 0 Å². The molecule has 2 rings (SSSR count). The molecule has 1 aromatic heterocycles. The fraction of sp³-hybridized carbons (Fsp3) is 0.667. The molecule has 1 aliphatic rings. The molecule has 1 atom stereocenters. The zero-order chi connectivity index (χ0) is 13.0. The van der Waals surface area contributed by atoms with Gasteiger partial charge in [0.15, 0.2) is 0 Å². The predicted molar refractivity (Wildman–Crippen MR) is 76.2 cm³/mol. The van der Waals surface area contributed by atoms with Crippen molar-refractivity contribution in [3.8, 4) is 0 Å². The molecule has 0 spiro atoms. The van der Waals surface area contributed by atoms with E-state index in [1.165, 1.54) is 31.2 Å². The summed E-state index contributed by atoms with van der Waals surface area (Å²) in [5, 5.41) is 3.60. The Morgan fingerprint density at radius 1 is 1.39 bits per heavy atom. The van der Waals surface area contributed by atoms with Gasteiger partial charge in [-0.3, -0.25) is 0 Å². The van der Waals surface area contributed by atoms with Crippen LogP contribution in [0.5, 0.6) is 0 Å². The van der Waals surface area contributed by atoms with E-state index in [9.17, 15) is 0 Å². The summed E-state index contributed by atoms with van der Waals surface area (Å²) >= 11 is 0. The first-order valence-electron chi connectivity index (χ1n) is 7.16. The second-order valence-corrected chi connectivity index (χ2v) is 5.53. The first-order valence-corrected chi connectivity index (χ1v) is 7.16. The van der Waals surface area contributed by atoms with Crippen LogP contribution in [0.4, 0.5) is 5.82 Å². The number of pyridine rings is 1. The molecule has 0 aliphatic heterocycles. The fourth-order valence-electron chi connectivity index (χ4n) is 3.06. The summed E-state index contributed by atoms with van der Waals surface area (Å²) in [6.45, 7) is 5.49. The lowest BCUT2D eigenvalue weighted by molar-refractivity contribution is 0.233. The summed E-state index contributed by atoms with van der Waals surface area (Å²) in [6, 6.07) is 4.48. The van der Waals surface area contributed by atoms with Crippen molar-refractivity contribution in [3.05, 3.63) is 23.9 Å². The van der Waals surface area contributed by atoms with Crippen LogP contribution in [0.3, 0.4) is 0 Å². The van der Waals surface area contributed by atoms with Crippen molar-refractivity contribution < 1.29 is 0 Å². The lowest BCUT2D eigenvalue weighted by Gasteiger charge is -2.33. The minimum atomic E-state index is 0.371. The van der Waals surface area contributed by atoms with Crippen molar-refractivity contribution in [2.45, 2.75) is 45.6 Å². The Hall–Kier alpha value is -1.09. The first-order chi connectivity index (χ1) is 8.72. The van der Waals surface area contributed by atoms with E-state index in [-0.39, 0.29) is 0 Å². The molecule has 0 saturated heterocycles. The Labute approximate surface area is 110 Å². The number of nitrogens with one attached hydrogen (secondary N) is 1. The summed E-state index contributed by atoms with van der Waals surface area (Å²) in [4.78, 5) is 4.23. The van der Waals surface area contributed by atoms with E-state index in [1.807, 2.05) is 6.07 Å². The monoisotopic (exact) mass is 247 g/mol. The van der Waals surface area contributed by atoms with Crippen molar-refractivity contribution in [1.82, 2.24) is 10.3 Å². The lowest BCUT2D eigenvalue weighted by atomic mass is 9.77. The molecule has 1 fully saturated rings. The summed E-state index contributed by atoms with van der Waals surface area (Å²) < 4.78 is 0. The molecule has 18 heavy (non-hydrogen) atoms. The quantitative estimate of drug-likeness (QED) is 0.859. The van der Waals surface area contributed by atoms with Gasteiger partial charge in [0.1, 0.15) is 5.82 Å². The Morgan fingerprint density at radius 3 is 2.72 bits per heavy atom. The summed E-state index contributed by atoms with van der Waals surface area (Å²) in [5.74, 6) is 2.27. The smallest absolute Gasteiger partial charge is 0.128 e. The summed E-state index contributed by atoms with van der Waals surface area (Å²) in [5.41, 5.74) is 7.21. The molecule has 0 radical (unpaired) electrons. The number of aromatic nitrogens is 1. The molecular weight excluding hydrogens is 222 g/mol. The third kappa shape index (κ3) is 3.02. The lowest BCUT2D eigenvalue weighted by Crippen LogP contribution is -2.31. The molecule has 1 aliphatic carbocycles. The van der Waals surface area contributed by atoms with E-state index in [0.717, 1.165) is 12.5 Å². The van der Waals surface area contributed by atoms with Crippen LogP contribution in [-0.4, -0.2) is 11.5 Å². The Bertz CT molecular complexity index is 370. The molecule has 1 heterocycles. The van der Waals surface area contributed by atoms with Crippen molar-refractivity contribution in [2.24, 2.45) is 11.8 Å². The Balaban J connectivity index is 2.15. The molecule has 3 heteroatoms. The van der Waals surface area contributed by atoms with Gasteiger partial charge >= 0.3 is 0 Å². The highest BCUT2D eigenvalue weighted by Gasteiger charge is 2.27. The normalized spacial score (nSPS) is 25.9. The fourth-order valence-corrected chi connectivity index (χ4v) is 3.06. The molecule has 1 saturated carbocycles. The highest BCUT2D eigenvalue weighted by molar-refractivity contribution is 5.41. The van der Waals surface area contributed by atoms with Gasteiger partial charge in [0.25, 0.3) is 0 Å². The van der Waals surface area contributed by atoms with Gasteiger partial charge in [-0.05, 0) is 37.3 Å². The van der Waals surface area contributed by atoms with Crippen LogP contribution in [0.15, 0.2) is 18.3 Å². The third-order valence-electron chi connectivity index (χ3n) is 4.16. The van der Waals surface area contributed by atoms with Crippen LogP contribution in [0.2, 0.25) is 0 Å². The van der Waals surface area contributed by atoms with Gasteiger partial charge in [0.2, 0.25) is 0 Å². The molecule has 100 valence electrons. The van der Waals surface area contributed by atoms with Gasteiger partial charge in [0.05, 0.1) is 0 Å². The zero-order valence-electron chi connectivity index (χ0n) is 11.5. The summed E-state index contributed by atoms with van der Waals surface area (Å²) in [6.07, 6.45) is 7.05. The standard InChI is InChI=1S/C15H25N3/c1-3-17-14(12-8-6-11(2)7-9-12)13-5-4-10-18-15(13)16/h4-5,10-12,14,17H,3,6-9H2,1-2H3,(H2,16,18).